The fourth-order valence-corrected chi connectivity index (χ4v) is 4.12. The van der Waals surface area contributed by atoms with Gasteiger partial charge in [0.15, 0.2) is 17.9 Å². The Bertz CT molecular complexity index is 1120. The molecule has 0 aromatic rings. The number of carboxylic acid groups (broad SMARTS) is 1. The van der Waals surface area contributed by atoms with E-state index >= 15 is 0 Å². The fourth-order valence-electron chi connectivity index (χ4n) is 4.12. The topological polar surface area (TPSA) is 373 Å². The highest BCUT2D eigenvalue weighted by Crippen LogP contribution is 2.08. The maximum atomic E-state index is 13.5. The average Bonchev–Trinajstić information content (AvgIpc) is 2.96. The van der Waals surface area contributed by atoms with Gasteiger partial charge in [0.1, 0.15) is 24.2 Å². The Labute approximate surface area is 274 Å². The number of hydrogen-bond donors (Lipinski definition) is 12. The molecule has 0 heterocycles. The molecule has 20 nitrogen and oxygen atoms in total. The Morgan fingerprint density at radius 1 is 0.574 bits per heavy atom. The summed E-state index contributed by atoms with van der Waals surface area (Å²) in [6.45, 7) is 5.58. The van der Waals surface area contributed by atoms with Gasteiger partial charge in [-0.1, -0.05) is 13.8 Å². The molecule has 4 amide bonds. The largest absolute Gasteiger partial charge is 0.480 e. The summed E-state index contributed by atoms with van der Waals surface area (Å²) in [6.07, 6.45) is 1.44. The smallest absolute Gasteiger partial charge is 0.326 e. The predicted molar refractivity (Wildman–Crippen MR) is 178 cm³/mol. The molecule has 0 aliphatic rings. The molecule has 0 aliphatic heterocycles. The van der Waals surface area contributed by atoms with Crippen molar-refractivity contribution in [1.82, 2.24) is 21.3 Å². The molecule has 0 aromatic heterocycles. The lowest BCUT2D eigenvalue weighted by atomic mass is 10.0. The van der Waals surface area contributed by atoms with Crippen LogP contribution in [0.15, 0.2) is 15.0 Å². The van der Waals surface area contributed by atoms with Crippen LogP contribution < -0.4 is 61.4 Å². The van der Waals surface area contributed by atoms with Gasteiger partial charge in [0.05, 0.1) is 6.04 Å². The van der Waals surface area contributed by atoms with E-state index in [0.29, 0.717) is 6.42 Å². The summed E-state index contributed by atoms with van der Waals surface area (Å²) >= 11 is 0. The van der Waals surface area contributed by atoms with Crippen LogP contribution in [0.4, 0.5) is 0 Å². The number of nitrogens with one attached hydrogen (secondary N) is 4. The van der Waals surface area contributed by atoms with Crippen LogP contribution in [0.25, 0.3) is 0 Å². The quantitative estimate of drug-likeness (QED) is 0.0278. The van der Waals surface area contributed by atoms with Crippen molar-refractivity contribution < 1.29 is 29.1 Å². The summed E-state index contributed by atoms with van der Waals surface area (Å²) in [7, 11) is 0. The van der Waals surface area contributed by atoms with Crippen LogP contribution in [0.2, 0.25) is 0 Å². The maximum absolute atomic E-state index is 13.5. The van der Waals surface area contributed by atoms with E-state index in [-0.39, 0.29) is 82.0 Å². The minimum absolute atomic E-state index is 0.0437. The lowest BCUT2D eigenvalue weighted by Crippen LogP contribution is -2.58. The lowest BCUT2D eigenvalue weighted by molar-refractivity contribution is -0.142. The molecule has 0 bridgehead atoms. The zero-order chi connectivity index (χ0) is 36.1. The molecule has 5 atom stereocenters. The van der Waals surface area contributed by atoms with Crippen LogP contribution in [0.1, 0.15) is 65.7 Å². The minimum Gasteiger partial charge on any atom is -0.480 e. The van der Waals surface area contributed by atoms with Crippen molar-refractivity contribution in [1.29, 1.82) is 0 Å². The minimum atomic E-state index is -1.23. The summed E-state index contributed by atoms with van der Waals surface area (Å²) in [5, 5.41) is 19.8. The first-order valence-electron chi connectivity index (χ1n) is 15.3. The Hall–Kier alpha value is -4.88. The summed E-state index contributed by atoms with van der Waals surface area (Å²) in [5.74, 6) is -4.46. The second-order valence-corrected chi connectivity index (χ2v) is 11.3. The number of nitrogens with zero attached hydrogens (tertiary/aromatic N) is 3. The van der Waals surface area contributed by atoms with Gasteiger partial charge in [-0.05, 0) is 57.8 Å². The second-order valence-electron chi connectivity index (χ2n) is 11.3. The van der Waals surface area contributed by atoms with Crippen molar-refractivity contribution in [2.75, 3.05) is 19.6 Å². The molecular weight excluding hydrogens is 616 g/mol. The first-order chi connectivity index (χ1) is 21.9. The zero-order valence-corrected chi connectivity index (χ0v) is 27.4. The number of carboxylic acids is 1. The van der Waals surface area contributed by atoms with E-state index in [0.717, 1.165) is 0 Å². The van der Waals surface area contributed by atoms with Gasteiger partial charge in [-0.25, -0.2) is 4.79 Å². The standard InChI is InChI=1S/C27H54N14O6/c1-14(2)13-19(24(46)47)41-23(45)18(9-6-12-37-27(33)34)40-22(44)17(8-5-11-36-26(31)32)39-20(42)15(3)38-21(43)16(28)7-4-10-35-25(29)30/h14-19H,4-13,28H2,1-3H3,(H,38,43)(H,39,42)(H,40,44)(H,41,45)(H,46,47)(H4,29,30,35)(H4,31,32,36)(H4,33,34,37)/t15-,16-,17-,18-,19-/m0/s1. The molecule has 0 saturated heterocycles. The van der Waals surface area contributed by atoms with Gasteiger partial charge in [0.2, 0.25) is 23.6 Å². The van der Waals surface area contributed by atoms with Gasteiger partial charge in [0.25, 0.3) is 0 Å². The van der Waals surface area contributed by atoms with E-state index in [1.165, 1.54) is 6.92 Å². The van der Waals surface area contributed by atoms with Gasteiger partial charge >= 0.3 is 5.97 Å². The van der Waals surface area contributed by atoms with Crippen LogP contribution in [0.3, 0.4) is 0 Å². The van der Waals surface area contributed by atoms with Gasteiger partial charge < -0.3 is 66.5 Å². The molecule has 0 aliphatic carbocycles. The molecular formula is C27H54N14O6. The molecule has 20 heteroatoms. The Morgan fingerprint density at radius 2 is 0.957 bits per heavy atom. The summed E-state index contributed by atoms with van der Waals surface area (Å²) < 4.78 is 0. The fraction of sp³-hybridized carbons (Fsp3) is 0.704. The summed E-state index contributed by atoms with van der Waals surface area (Å²) in [6, 6.07) is -5.62. The third-order valence-electron chi connectivity index (χ3n) is 6.53. The molecule has 0 saturated carbocycles. The first-order valence-corrected chi connectivity index (χ1v) is 15.3. The number of rotatable bonds is 23. The van der Waals surface area contributed by atoms with Crippen molar-refractivity contribution in [3.8, 4) is 0 Å². The van der Waals surface area contributed by atoms with Gasteiger partial charge in [-0.2, -0.15) is 0 Å². The maximum Gasteiger partial charge on any atom is 0.326 e. The zero-order valence-electron chi connectivity index (χ0n) is 27.4. The third kappa shape index (κ3) is 20.0. The van der Waals surface area contributed by atoms with Crippen molar-refractivity contribution in [3.05, 3.63) is 0 Å². The SMILES string of the molecule is CC(C)C[C@H](NC(=O)[C@H](CCCN=C(N)N)NC(=O)[C@H](CCCN=C(N)N)NC(=O)[C@H](C)NC(=O)[C@@H](N)CCCN=C(N)N)C(=O)O. The van der Waals surface area contributed by atoms with E-state index in [4.69, 9.17) is 40.1 Å². The number of aliphatic carboxylic acids is 1. The Balaban J connectivity index is 5.80. The van der Waals surface area contributed by atoms with E-state index in [9.17, 15) is 29.1 Å². The van der Waals surface area contributed by atoms with E-state index in [2.05, 4.69) is 36.2 Å². The third-order valence-corrected chi connectivity index (χ3v) is 6.53. The number of aliphatic imine (C=N–C) groups is 3. The molecule has 0 radical (unpaired) electrons. The molecule has 0 unspecified atom stereocenters. The first kappa shape index (κ1) is 42.1. The van der Waals surface area contributed by atoms with Gasteiger partial charge in [-0.15, -0.1) is 0 Å². The summed E-state index contributed by atoms with van der Waals surface area (Å²) in [5.41, 5.74) is 38.0. The number of guanidine groups is 3. The predicted octanol–water partition coefficient (Wildman–Crippen LogP) is -4.44. The monoisotopic (exact) mass is 670 g/mol. The normalized spacial score (nSPS) is 13.9. The molecule has 47 heavy (non-hydrogen) atoms. The molecule has 0 fully saturated rings. The van der Waals surface area contributed by atoms with E-state index in [1.807, 2.05) is 0 Å². The molecule has 0 rings (SSSR count). The van der Waals surface area contributed by atoms with Crippen LogP contribution >= 0.6 is 0 Å². The Kier molecular flexibility index (Phi) is 20.3. The summed E-state index contributed by atoms with van der Waals surface area (Å²) in [4.78, 5) is 75.7. The molecule has 268 valence electrons. The molecule has 19 N–H and O–H groups in total. The number of hydrogen-bond acceptors (Lipinski definition) is 9. The van der Waals surface area contributed by atoms with E-state index < -0.39 is 59.8 Å². The van der Waals surface area contributed by atoms with Crippen LogP contribution in [-0.2, 0) is 24.0 Å². The van der Waals surface area contributed by atoms with Crippen LogP contribution in [0.5, 0.6) is 0 Å². The van der Waals surface area contributed by atoms with Crippen LogP contribution in [-0.4, -0.2) is 102 Å². The van der Waals surface area contributed by atoms with Crippen LogP contribution in [0, 0.1) is 5.92 Å². The highest BCUT2D eigenvalue weighted by atomic mass is 16.4. The van der Waals surface area contributed by atoms with Crippen molar-refractivity contribution in [3.63, 3.8) is 0 Å². The molecule has 0 aromatic carbocycles. The number of amides is 4. The lowest BCUT2D eigenvalue weighted by Gasteiger charge is -2.26. The number of nitrogens with two attached hydrogens (primary N) is 7. The second kappa shape index (κ2) is 22.6. The average molecular weight is 671 g/mol. The highest BCUT2D eigenvalue weighted by Gasteiger charge is 2.31. The number of carbonyl (C=O) groups is 5. The van der Waals surface area contributed by atoms with Crippen molar-refractivity contribution >= 4 is 47.5 Å². The van der Waals surface area contributed by atoms with Crippen molar-refractivity contribution in [2.24, 2.45) is 61.0 Å². The highest BCUT2D eigenvalue weighted by molar-refractivity contribution is 5.95. The van der Waals surface area contributed by atoms with E-state index in [1.54, 1.807) is 13.8 Å². The van der Waals surface area contributed by atoms with Crippen molar-refractivity contribution in [2.45, 2.75) is 95.9 Å². The number of carbonyl (C=O) groups excluding carboxylic acids is 4. The van der Waals surface area contributed by atoms with Gasteiger partial charge in [-0.3, -0.25) is 34.2 Å². The Morgan fingerprint density at radius 3 is 1.34 bits per heavy atom. The van der Waals surface area contributed by atoms with Gasteiger partial charge in [0, 0.05) is 19.6 Å². The molecule has 0 spiro atoms.